The minimum atomic E-state index is 0. The fourth-order valence-corrected chi connectivity index (χ4v) is 4.94. The van der Waals surface area contributed by atoms with Gasteiger partial charge >= 0.3 is 0 Å². The van der Waals surface area contributed by atoms with Gasteiger partial charge in [-0.05, 0) is 45.4 Å². The molecule has 1 amide bonds. The highest BCUT2D eigenvalue weighted by atomic mass is 127. The lowest BCUT2D eigenvalue weighted by molar-refractivity contribution is -0.135. The van der Waals surface area contributed by atoms with Gasteiger partial charge in [0.2, 0.25) is 5.91 Å². The van der Waals surface area contributed by atoms with Crippen molar-refractivity contribution >= 4 is 35.8 Å². The van der Waals surface area contributed by atoms with Crippen LogP contribution in [0.5, 0.6) is 0 Å². The molecule has 6 nitrogen and oxygen atoms in total. The fraction of sp³-hybridized carbons (Fsp3) is 0.913. The van der Waals surface area contributed by atoms with Crippen LogP contribution in [0, 0.1) is 5.92 Å². The van der Waals surface area contributed by atoms with Crippen LogP contribution in [0.25, 0.3) is 0 Å². The first-order valence-corrected chi connectivity index (χ1v) is 12.2. The highest BCUT2D eigenvalue weighted by Crippen LogP contribution is 2.26. The zero-order chi connectivity index (χ0) is 20.3. The Morgan fingerprint density at radius 1 is 1.03 bits per heavy atom. The fourth-order valence-electron chi connectivity index (χ4n) is 4.94. The van der Waals surface area contributed by atoms with Gasteiger partial charge in [0.15, 0.2) is 5.96 Å². The van der Waals surface area contributed by atoms with Gasteiger partial charge in [0.05, 0.1) is 6.10 Å². The molecule has 1 aliphatic heterocycles. The minimum absolute atomic E-state index is 0. The molecule has 0 aromatic heterocycles. The highest BCUT2D eigenvalue weighted by molar-refractivity contribution is 14.0. The van der Waals surface area contributed by atoms with Crippen molar-refractivity contribution in [3.05, 3.63) is 0 Å². The number of carbonyl (C=O) groups excluding carboxylic acids is 1. The Kier molecular flexibility index (Phi) is 12.4. The van der Waals surface area contributed by atoms with Crippen LogP contribution in [0.4, 0.5) is 0 Å². The zero-order valence-corrected chi connectivity index (χ0v) is 21.2. The Morgan fingerprint density at radius 2 is 1.73 bits per heavy atom. The monoisotopic (exact) mass is 534 g/mol. The van der Waals surface area contributed by atoms with Gasteiger partial charge in [0.25, 0.3) is 0 Å². The predicted molar refractivity (Wildman–Crippen MR) is 134 cm³/mol. The summed E-state index contributed by atoms with van der Waals surface area (Å²) >= 11 is 0. The van der Waals surface area contributed by atoms with Crippen LogP contribution in [0.3, 0.4) is 0 Å². The number of aliphatic imine (C=N–C) groups is 1. The molecule has 174 valence electrons. The molecule has 1 heterocycles. The molecule has 1 unspecified atom stereocenters. The lowest BCUT2D eigenvalue weighted by atomic mass is 9.88. The van der Waals surface area contributed by atoms with E-state index in [2.05, 4.69) is 22.5 Å². The maximum absolute atomic E-state index is 12.8. The van der Waals surface area contributed by atoms with Crippen molar-refractivity contribution in [2.45, 2.75) is 96.1 Å². The Hall–Kier alpha value is -0.570. The maximum atomic E-state index is 12.8. The largest absolute Gasteiger partial charge is 0.378 e. The molecule has 3 fully saturated rings. The van der Waals surface area contributed by atoms with Gasteiger partial charge in [0.1, 0.15) is 0 Å². The van der Waals surface area contributed by atoms with E-state index in [1.54, 1.807) is 0 Å². The number of halogens is 1. The summed E-state index contributed by atoms with van der Waals surface area (Å²) in [6.45, 7) is 6.21. The van der Waals surface area contributed by atoms with E-state index in [1.807, 2.05) is 0 Å². The molecule has 3 aliphatic rings. The first-order valence-electron chi connectivity index (χ1n) is 12.2. The summed E-state index contributed by atoms with van der Waals surface area (Å²) in [5.74, 6) is 1.53. The number of guanidine groups is 1. The second-order valence-corrected chi connectivity index (χ2v) is 8.99. The topological polar surface area (TPSA) is 66.0 Å². The van der Waals surface area contributed by atoms with E-state index in [9.17, 15) is 4.79 Å². The van der Waals surface area contributed by atoms with Crippen LogP contribution in [0.2, 0.25) is 0 Å². The molecule has 2 N–H and O–H groups in total. The van der Waals surface area contributed by atoms with Crippen LogP contribution < -0.4 is 10.6 Å². The summed E-state index contributed by atoms with van der Waals surface area (Å²) in [5, 5.41) is 6.90. The van der Waals surface area contributed by atoms with Crippen LogP contribution >= 0.6 is 24.0 Å². The molecule has 3 rings (SSSR count). The maximum Gasteiger partial charge on any atom is 0.225 e. The number of carbonyl (C=O) groups is 1. The third-order valence-electron chi connectivity index (χ3n) is 6.62. The van der Waals surface area contributed by atoms with E-state index in [-0.39, 0.29) is 29.9 Å². The number of hydrogen-bond acceptors (Lipinski definition) is 3. The van der Waals surface area contributed by atoms with Crippen LogP contribution in [-0.2, 0) is 9.53 Å². The van der Waals surface area contributed by atoms with Gasteiger partial charge in [-0.2, -0.15) is 0 Å². The molecule has 0 aromatic rings. The molecule has 0 aromatic carbocycles. The summed E-state index contributed by atoms with van der Waals surface area (Å²) in [6.07, 6.45) is 14.8. The Bertz CT molecular complexity index is 519. The Balaban J connectivity index is 0.00000320. The molecule has 1 saturated heterocycles. The predicted octanol–water partition coefficient (Wildman–Crippen LogP) is 4.08. The molecule has 1 atom stereocenters. The number of rotatable bonds is 8. The quantitative estimate of drug-likeness (QED) is 0.213. The third-order valence-corrected chi connectivity index (χ3v) is 6.62. The number of hydrogen-bond donors (Lipinski definition) is 2. The van der Waals surface area contributed by atoms with Crippen molar-refractivity contribution < 1.29 is 9.53 Å². The van der Waals surface area contributed by atoms with E-state index in [4.69, 9.17) is 9.73 Å². The van der Waals surface area contributed by atoms with E-state index >= 15 is 0 Å². The lowest BCUT2D eigenvalue weighted by Crippen LogP contribution is -2.45. The van der Waals surface area contributed by atoms with Crippen molar-refractivity contribution in [1.82, 2.24) is 15.5 Å². The lowest BCUT2D eigenvalue weighted by Gasteiger charge is -2.26. The van der Waals surface area contributed by atoms with Crippen LogP contribution in [-0.4, -0.2) is 61.7 Å². The number of nitrogens with zero attached hydrogens (tertiary/aromatic N) is 2. The summed E-state index contributed by atoms with van der Waals surface area (Å²) < 4.78 is 6.00. The number of ether oxygens (including phenoxy) is 1. The van der Waals surface area contributed by atoms with E-state index < -0.39 is 0 Å². The molecule has 0 spiro atoms. The van der Waals surface area contributed by atoms with Gasteiger partial charge in [-0.3, -0.25) is 9.79 Å². The van der Waals surface area contributed by atoms with E-state index in [0.717, 1.165) is 64.4 Å². The standard InChI is InChI=1S/C23H42N4O2.HI/c1-2-24-23(25-15-9-17-29-21-12-7-4-8-13-21)26-20-14-16-27(18-20)22(28)19-10-5-3-6-11-19;/h19-21H,2-18H2,1H3,(H2,24,25,26);1H. The summed E-state index contributed by atoms with van der Waals surface area (Å²) in [7, 11) is 0. The van der Waals surface area contributed by atoms with Gasteiger partial charge in [-0.25, -0.2) is 0 Å². The Labute approximate surface area is 200 Å². The van der Waals surface area contributed by atoms with Crippen LogP contribution in [0.15, 0.2) is 4.99 Å². The van der Waals surface area contributed by atoms with Gasteiger partial charge < -0.3 is 20.3 Å². The van der Waals surface area contributed by atoms with Crippen LogP contribution in [0.1, 0.15) is 84.0 Å². The second kappa shape index (κ2) is 14.5. The van der Waals surface area contributed by atoms with Crippen molar-refractivity contribution in [2.75, 3.05) is 32.8 Å². The summed E-state index contributed by atoms with van der Waals surface area (Å²) in [4.78, 5) is 19.6. The zero-order valence-electron chi connectivity index (χ0n) is 18.9. The van der Waals surface area contributed by atoms with Crippen molar-refractivity contribution in [1.29, 1.82) is 0 Å². The molecular formula is C23H43IN4O2. The molecule has 0 bridgehead atoms. The van der Waals surface area contributed by atoms with Gasteiger partial charge in [-0.15, -0.1) is 24.0 Å². The molecule has 2 saturated carbocycles. The molecule has 2 aliphatic carbocycles. The third kappa shape index (κ3) is 8.52. The summed E-state index contributed by atoms with van der Waals surface area (Å²) in [6, 6.07) is 0.304. The Morgan fingerprint density at radius 3 is 2.43 bits per heavy atom. The number of amides is 1. The molecule has 0 radical (unpaired) electrons. The normalized spacial score (nSPS) is 23.8. The summed E-state index contributed by atoms with van der Waals surface area (Å²) in [5.41, 5.74) is 0. The average Bonchev–Trinajstić information content (AvgIpc) is 3.23. The number of nitrogens with one attached hydrogen (secondary N) is 2. The minimum Gasteiger partial charge on any atom is -0.378 e. The second-order valence-electron chi connectivity index (χ2n) is 8.99. The van der Waals surface area contributed by atoms with Gasteiger partial charge in [-0.1, -0.05) is 38.5 Å². The molecule has 7 heteroatoms. The average molecular weight is 535 g/mol. The van der Waals surface area contributed by atoms with Crippen molar-refractivity contribution in [3.8, 4) is 0 Å². The number of likely N-dealkylation sites (tertiary alicyclic amines) is 1. The van der Waals surface area contributed by atoms with Gasteiger partial charge in [0, 0.05) is 44.7 Å². The smallest absolute Gasteiger partial charge is 0.225 e. The highest BCUT2D eigenvalue weighted by Gasteiger charge is 2.31. The van der Waals surface area contributed by atoms with Crippen molar-refractivity contribution in [2.24, 2.45) is 10.9 Å². The SMILES string of the molecule is CCNC(=NCCCOC1CCCCC1)NC1CCN(C(=O)C2CCCCC2)C1.I. The van der Waals surface area contributed by atoms with E-state index in [1.165, 1.54) is 51.4 Å². The first-order chi connectivity index (χ1) is 14.3. The molecular weight excluding hydrogens is 491 g/mol. The van der Waals surface area contributed by atoms with E-state index in [0.29, 0.717) is 18.1 Å². The first kappa shape index (κ1) is 25.7. The van der Waals surface area contributed by atoms with Crippen molar-refractivity contribution in [3.63, 3.8) is 0 Å². The molecule has 30 heavy (non-hydrogen) atoms.